The van der Waals surface area contributed by atoms with Crippen LogP contribution in [0.4, 0.5) is 0 Å². The molecule has 3 rings (SSSR count). The Morgan fingerprint density at radius 1 is 1.39 bits per heavy atom. The summed E-state index contributed by atoms with van der Waals surface area (Å²) in [6.45, 7) is 0. The minimum absolute atomic E-state index is 0.163. The molecule has 0 aliphatic heterocycles. The van der Waals surface area contributed by atoms with Gasteiger partial charge in [0.15, 0.2) is 0 Å². The highest BCUT2D eigenvalue weighted by molar-refractivity contribution is 14.1. The number of hydrogen-bond donors (Lipinski definition) is 2. The average Bonchev–Trinajstić information content (AvgIpc) is 2.91. The van der Waals surface area contributed by atoms with Crippen LogP contribution in [0.1, 0.15) is 10.4 Å². The predicted molar refractivity (Wildman–Crippen MR) is 72.9 cm³/mol. The second-order valence-electron chi connectivity index (χ2n) is 3.64. The molecule has 0 atom stereocenters. The molecule has 2 N–H and O–H groups in total. The summed E-state index contributed by atoms with van der Waals surface area (Å²) in [5.74, 6) is -0.491. The number of benzene rings is 1. The fraction of sp³-hybridized carbons (Fsp3) is 0. The van der Waals surface area contributed by atoms with Gasteiger partial charge < -0.3 is 10.1 Å². The third kappa shape index (κ3) is 1.67. The van der Waals surface area contributed by atoms with Crippen molar-refractivity contribution in [1.29, 1.82) is 0 Å². The monoisotopic (exact) mass is 354 g/mol. The van der Waals surface area contributed by atoms with Crippen LogP contribution in [0.3, 0.4) is 0 Å². The minimum Gasteiger partial charge on any atom is -0.478 e. The summed E-state index contributed by atoms with van der Waals surface area (Å²) in [6, 6.07) is 7.58. The lowest BCUT2D eigenvalue weighted by Crippen LogP contribution is -2.03. The molecule has 2 heterocycles. The van der Waals surface area contributed by atoms with Crippen molar-refractivity contribution in [2.75, 3.05) is 0 Å². The Morgan fingerprint density at radius 3 is 2.83 bits per heavy atom. The van der Waals surface area contributed by atoms with E-state index in [-0.39, 0.29) is 5.56 Å². The van der Waals surface area contributed by atoms with Crippen molar-refractivity contribution in [3.05, 3.63) is 39.7 Å². The van der Waals surface area contributed by atoms with Gasteiger partial charge in [-0.2, -0.15) is 9.78 Å². The molecule has 0 aliphatic carbocycles. The molecule has 2 aromatic heterocycles. The van der Waals surface area contributed by atoms with E-state index >= 15 is 0 Å². The molecule has 0 fully saturated rings. The van der Waals surface area contributed by atoms with Gasteiger partial charge in [0.2, 0.25) is 5.95 Å². The lowest BCUT2D eigenvalue weighted by molar-refractivity contribution is 0.0695. The van der Waals surface area contributed by atoms with Crippen LogP contribution < -0.4 is 0 Å². The first kappa shape index (κ1) is 11.2. The normalized spacial score (nSPS) is 10.9. The number of para-hydroxylation sites is 2. The van der Waals surface area contributed by atoms with Gasteiger partial charge in [0.25, 0.3) is 0 Å². The van der Waals surface area contributed by atoms with Crippen LogP contribution in [0.2, 0.25) is 0 Å². The first-order valence-corrected chi connectivity index (χ1v) is 6.16. The molecular weight excluding hydrogens is 347 g/mol. The van der Waals surface area contributed by atoms with Crippen molar-refractivity contribution in [3.63, 3.8) is 0 Å². The van der Waals surface area contributed by atoms with E-state index in [2.05, 4.69) is 15.1 Å². The summed E-state index contributed by atoms with van der Waals surface area (Å²) in [5, 5.41) is 13.0. The van der Waals surface area contributed by atoms with E-state index < -0.39 is 5.97 Å². The van der Waals surface area contributed by atoms with Gasteiger partial charge in [-0.3, -0.25) is 0 Å². The van der Waals surface area contributed by atoms with Gasteiger partial charge in [-0.1, -0.05) is 12.1 Å². The highest BCUT2D eigenvalue weighted by Gasteiger charge is 2.17. The number of halogens is 1. The second kappa shape index (κ2) is 4.09. The molecule has 18 heavy (non-hydrogen) atoms. The number of nitrogens with zero attached hydrogens (tertiary/aromatic N) is 3. The fourth-order valence-electron chi connectivity index (χ4n) is 1.66. The van der Waals surface area contributed by atoms with Gasteiger partial charge in [0.1, 0.15) is 9.26 Å². The second-order valence-corrected chi connectivity index (χ2v) is 4.67. The molecule has 0 saturated heterocycles. The highest BCUT2D eigenvalue weighted by atomic mass is 127. The summed E-state index contributed by atoms with van der Waals surface area (Å²) in [6.07, 6.45) is 1.32. The van der Waals surface area contributed by atoms with Crippen molar-refractivity contribution in [2.24, 2.45) is 0 Å². The topological polar surface area (TPSA) is 83.8 Å². The van der Waals surface area contributed by atoms with Crippen LogP contribution >= 0.6 is 22.6 Å². The van der Waals surface area contributed by atoms with Crippen LogP contribution in [0.15, 0.2) is 30.5 Å². The highest BCUT2D eigenvalue weighted by Crippen LogP contribution is 2.18. The van der Waals surface area contributed by atoms with Gasteiger partial charge >= 0.3 is 5.97 Å². The zero-order chi connectivity index (χ0) is 12.7. The summed E-state index contributed by atoms with van der Waals surface area (Å²) < 4.78 is 1.99. The fourth-order valence-corrected chi connectivity index (χ4v) is 2.39. The molecule has 6 nitrogen and oxygen atoms in total. The number of aromatic nitrogens is 4. The Hall–Kier alpha value is -1.90. The lowest BCUT2D eigenvalue weighted by Gasteiger charge is -1.97. The maximum absolute atomic E-state index is 10.9. The standard InChI is InChI=1S/C11H7IN4O2/c12-9-6(10(17)18)5-13-16(9)11-14-7-3-1-2-4-8(7)15-11/h1-5H,(H,14,15)(H,17,18). The van der Waals surface area contributed by atoms with E-state index in [4.69, 9.17) is 5.11 Å². The number of H-pyrrole nitrogens is 1. The molecule has 1 aromatic carbocycles. The largest absolute Gasteiger partial charge is 0.478 e. The Morgan fingerprint density at radius 2 is 2.17 bits per heavy atom. The smallest absolute Gasteiger partial charge is 0.340 e. The molecule has 0 unspecified atom stereocenters. The number of aromatic amines is 1. The number of hydrogen-bond acceptors (Lipinski definition) is 3. The lowest BCUT2D eigenvalue weighted by atomic mass is 10.3. The number of aromatic carboxylic acids is 1. The van der Waals surface area contributed by atoms with Gasteiger partial charge in [0, 0.05) is 0 Å². The maximum atomic E-state index is 10.9. The van der Waals surface area contributed by atoms with Crippen molar-refractivity contribution >= 4 is 39.6 Å². The van der Waals surface area contributed by atoms with Gasteiger partial charge in [0.05, 0.1) is 17.2 Å². The van der Waals surface area contributed by atoms with Crippen LogP contribution in [0, 0.1) is 3.70 Å². The van der Waals surface area contributed by atoms with Crippen LogP contribution in [-0.2, 0) is 0 Å². The first-order valence-electron chi connectivity index (χ1n) is 5.09. The molecule has 0 amide bonds. The van der Waals surface area contributed by atoms with Gasteiger partial charge in [-0.05, 0) is 34.7 Å². The number of imidazole rings is 1. The molecule has 0 bridgehead atoms. The first-order chi connectivity index (χ1) is 8.66. The molecular formula is C11H7IN4O2. The summed E-state index contributed by atoms with van der Waals surface area (Å²) in [4.78, 5) is 18.4. The summed E-state index contributed by atoms with van der Waals surface area (Å²) in [7, 11) is 0. The van der Waals surface area contributed by atoms with E-state index in [0.717, 1.165) is 11.0 Å². The Labute approximate surface area is 115 Å². The summed E-state index contributed by atoms with van der Waals surface area (Å²) in [5.41, 5.74) is 1.86. The van der Waals surface area contributed by atoms with Crippen molar-refractivity contribution < 1.29 is 9.90 Å². The number of rotatable bonds is 2. The Balaban J connectivity index is 2.17. The van der Waals surface area contributed by atoms with E-state index in [1.54, 1.807) is 0 Å². The third-order valence-corrected chi connectivity index (χ3v) is 3.56. The van der Waals surface area contributed by atoms with E-state index in [0.29, 0.717) is 9.65 Å². The number of carbonyl (C=O) groups is 1. The minimum atomic E-state index is -0.998. The number of nitrogens with one attached hydrogen (secondary N) is 1. The Kier molecular flexibility index (Phi) is 2.54. The molecule has 90 valence electrons. The Bertz CT molecular complexity index is 713. The van der Waals surface area contributed by atoms with Crippen LogP contribution in [-0.4, -0.2) is 30.8 Å². The molecule has 0 aliphatic rings. The van der Waals surface area contributed by atoms with Crippen LogP contribution in [0.5, 0.6) is 0 Å². The molecule has 0 saturated carbocycles. The zero-order valence-electron chi connectivity index (χ0n) is 8.96. The van der Waals surface area contributed by atoms with Crippen molar-refractivity contribution in [3.8, 4) is 5.95 Å². The van der Waals surface area contributed by atoms with E-state index in [1.807, 2.05) is 46.9 Å². The van der Waals surface area contributed by atoms with Crippen molar-refractivity contribution in [1.82, 2.24) is 19.7 Å². The number of carboxylic acids is 1. The van der Waals surface area contributed by atoms with E-state index in [9.17, 15) is 4.79 Å². The molecule has 3 aromatic rings. The SMILES string of the molecule is O=C(O)c1cnn(-c2nc3ccccc3[nH]2)c1I. The summed E-state index contributed by atoms with van der Waals surface area (Å²) >= 11 is 1.94. The number of carboxylic acid groups (broad SMARTS) is 1. The quantitative estimate of drug-likeness (QED) is 0.690. The van der Waals surface area contributed by atoms with Gasteiger partial charge in [-0.25, -0.2) is 9.78 Å². The zero-order valence-corrected chi connectivity index (χ0v) is 11.1. The molecule has 7 heteroatoms. The van der Waals surface area contributed by atoms with Crippen LogP contribution in [0.25, 0.3) is 17.0 Å². The molecule has 0 spiro atoms. The maximum Gasteiger partial charge on any atom is 0.340 e. The number of fused-ring (bicyclic) bond motifs is 1. The predicted octanol–water partition coefficient (Wildman–Crippen LogP) is 2.05. The molecule has 0 radical (unpaired) electrons. The van der Waals surface area contributed by atoms with E-state index in [1.165, 1.54) is 10.9 Å². The third-order valence-electron chi connectivity index (χ3n) is 2.52. The van der Waals surface area contributed by atoms with Crippen molar-refractivity contribution in [2.45, 2.75) is 0 Å². The average molecular weight is 354 g/mol. The van der Waals surface area contributed by atoms with Gasteiger partial charge in [-0.15, -0.1) is 0 Å².